The number of nitro groups is 1. The molecular weight excluding hydrogens is 252 g/mol. The molecule has 0 bridgehead atoms. The summed E-state index contributed by atoms with van der Waals surface area (Å²) in [5.41, 5.74) is -0.583. The maximum Gasteiger partial charge on any atom is 0.388 e. The van der Waals surface area contributed by atoms with Gasteiger partial charge < -0.3 is 9.84 Å². The molecule has 0 aliphatic rings. The largest absolute Gasteiger partial charge is 0.502 e. The zero-order valence-corrected chi connectivity index (χ0v) is 8.58. The zero-order valence-electron chi connectivity index (χ0n) is 8.58. The fraction of sp³-hybridized carbons (Fsp3) is 0.111. The molecular formula is C9H5F2N3O4. The first kappa shape index (κ1) is 11.9. The SMILES string of the molecule is O=[N+]([O-])c1cc2c(OC(F)F)ncnc2cc1O. The second kappa shape index (κ2) is 4.35. The van der Waals surface area contributed by atoms with Gasteiger partial charge in [0.15, 0.2) is 5.75 Å². The molecule has 0 spiro atoms. The third-order valence-corrected chi connectivity index (χ3v) is 2.09. The number of hydrogen-bond acceptors (Lipinski definition) is 6. The lowest BCUT2D eigenvalue weighted by Gasteiger charge is -2.06. The van der Waals surface area contributed by atoms with E-state index >= 15 is 0 Å². The van der Waals surface area contributed by atoms with E-state index in [2.05, 4.69) is 14.7 Å². The molecule has 0 radical (unpaired) electrons. The van der Waals surface area contributed by atoms with E-state index in [-0.39, 0.29) is 10.9 Å². The van der Waals surface area contributed by atoms with Gasteiger partial charge in [0.25, 0.3) is 0 Å². The van der Waals surface area contributed by atoms with E-state index in [0.29, 0.717) is 0 Å². The normalized spacial score (nSPS) is 10.8. The lowest BCUT2D eigenvalue weighted by atomic mass is 10.2. The monoisotopic (exact) mass is 257 g/mol. The van der Waals surface area contributed by atoms with Gasteiger partial charge in [-0.3, -0.25) is 10.1 Å². The van der Waals surface area contributed by atoms with Crippen LogP contribution in [0.1, 0.15) is 0 Å². The van der Waals surface area contributed by atoms with Crippen LogP contribution in [0.5, 0.6) is 11.6 Å². The van der Waals surface area contributed by atoms with Crippen molar-refractivity contribution in [3.63, 3.8) is 0 Å². The number of ether oxygens (including phenoxy) is 1. The van der Waals surface area contributed by atoms with E-state index in [1.54, 1.807) is 0 Å². The fourth-order valence-corrected chi connectivity index (χ4v) is 1.38. The minimum absolute atomic E-state index is 0.0590. The number of alkyl halides is 2. The van der Waals surface area contributed by atoms with Crippen LogP contribution in [0, 0.1) is 10.1 Å². The highest BCUT2D eigenvalue weighted by Crippen LogP contribution is 2.33. The Hall–Kier alpha value is -2.58. The van der Waals surface area contributed by atoms with Crippen LogP contribution in [0.3, 0.4) is 0 Å². The summed E-state index contributed by atoms with van der Waals surface area (Å²) in [6.45, 7) is -3.11. The smallest absolute Gasteiger partial charge is 0.388 e. The minimum atomic E-state index is -3.11. The number of phenols is 1. The van der Waals surface area contributed by atoms with Gasteiger partial charge in [-0.1, -0.05) is 0 Å². The van der Waals surface area contributed by atoms with Gasteiger partial charge in [-0.25, -0.2) is 9.97 Å². The third-order valence-electron chi connectivity index (χ3n) is 2.09. The lowest BCUT2D eigenvalue weighted by Crippen LogP contribution is -2.04. The molecule has 0 amide bonds. The molecule has 2 aromatic rings. The predicted octanol–water partition coefficient (Wildman–Crippen LogP) is 1.84. The van der Waals surface area contributed by atoms with Crippen molar-refractivity contribution in [3.8, 4) is 11.6 Å². The summed E-state index contributed by atoms with van der Waals surface area (Å²) < 4.78 is 28.4. The number of aromatic hydroxyl groups is 1. The molecule has 0 aliphatic heterocycles. The number of nitro benzene ring substituents is 1. The Bertz CT molecular complexity index is 620. The van der Waals surface area contributed by atoms with Crippen molar-refractivity contribution < 1.29 is 23.5 Å². The molecule has 7 nitrogen and oxygen atoms in total. The summed E-state index contributed by atoms with van der Waals surface area (Å²) in [7, 11) is 0. The molecule has 1 aromatic carbocycles. The summed E-state index contributed by atoms with van der Waals surface area (Å²) in [6, 6.07) is 1.86. The Balaban J connectivity index is 2.67. The van der Waals surface area contributed by atoms with Crippen molar-refractivity contribution in [1.82, 2.24) is 9.97 Å². The standard InChI is InChI=1S/C9H5F2N3O4/c10-9(11)18-8-4-1-6(14(16)17)7(15)2-5(4)12-3-13-8/h1-3,9,15H. The van der Waals surface area contributed by atoms with Crippen LogP contribution < -0.4 is 4.74 Å². The maximum absolute atomic E-state index is 12.1. The van der Waals surface area contributed by atoms with E-state index in [1.807, 2.05) is 0 Å². The predicted molar refractivity (Wildman–Crippen MR) is 54.5 cm³/mol. The molecule has 0 fully saturated rings. The second-order valence-electron chi connectivity index (χ2n) is 3.17. The Labute approximate surface area is 97.8 Å². The van der Waals surface area contributed by atoms with Gasteiger partial charge in [0.05, 0.1) is 15.8 Å². The molecule has 2 rings (SSSR count). The second-order valence-corrected chi connectivity index (χ2v) is 3.17. The van der Waals surface area contributed by atoms with Gasteiger partial charge >= 0.3 is 12.3 Å². The highest BCUT2D eigenvalue weighted by molar-refractivity contribution is 5.87. The molecule has 1 aromatic heterocycles. The molecule has 18 heavy (non-hydrogen) atoms. The lowest BCUT2D eigenvalue weighted by molar-refractivity contribution is -0.385. The average Bonchev–Trinajstić information content (AvgIpc) is 2.27. The summed E-state index contributed by atoms with van der Waals surface area (Å²) in [5, 5.41) is 19.9. The van der Waals surface area contributed by atoms with Crippen LogP contribution in [0.15, 0.2) is 18.5 Å². The Kier molecular flexibility index (Phi) is 2.88. The Morgan fingerprint density at radius 3 is 2.72 bits per heavy atom. The van der Waals surface area contributed by atoms with Crippen LogP contribution >= 0.6 is 0 Å². The van der Waals surface area contributed by atoms with Crippen LogP contribution in [0.25, 0.3) is 10.9 Å². The molecule has 0 atom stereocenters. The number of fused-ring (bicyclic) bond motifs is 1. The molecule has 9 heteroatoms. The summed E-state index contributed by atoms with van der Waals surface area (Å²) >= 11 is 0. The molecule has 1 N–H and O–H groups in total. The number of halogens is 2. The highest BCUT2D eigenvalue weighted by Gasteiger charge is 2.19. The molecule has 1 heterocycles. The van der Waals surface area contributed by atoms with Crippen molar-refractivity contribution >= 4 is 16.6 Å². The number of phenolic OH excluding ortho intramolecular Hbond substituents is 1. The zero-order chi connectivity index (χ0) is 13.3. The fourth-order valence-electron chi connectivity index (χ4n) is 1.38. The van der Waals surface area contributed by atoms with Crippen molar-refractivity contribution in [3.05, 3.63) is 28.6 Å². The Morgan fingerprint density at radius 2 is 2.11 bits per heavy atom. The van der Waals surface area contributed by atoms with E-state index in [1.165, 1.54) is 0 Å². The molecule has 0 saturated heterocycles. The average molecular weight is 257 g/mol. The van der Waals surface area contributed by atoms with Gasteiger partial charge in [-0.15, -0.1) is 0 Å². The number of aromatic nitrogens is 2. The highest BCUT2D eigenvalue weighted by atomic mass is 19.3. The van der Waals surface area contributed by atoms with E-state index in [4.69, 9.17) is 0 Å². The van der Waals surface area contributed by atoms with Crippen molar-refractivity contribution in [2.24, 2.45) is 0 Å². The molecule has 0 aliphatic carbocycles. The first-order chi connectivity index (χ1) is 8.49. The number of benzene rings is 1. The summed E-state index contributed by atoms with van der Waals surface area (Å²) in [4.78, 5) is 16.9. The van der Waals surface area contributed by atoms with Gasteiger partial charge in [0.1, 0.15) is 6.33 Å². The Morgan fingerprint density at radius 1 is 1.39 bits per heavy atom. The molecule has 94 valence electrons. The van der Waals surface area contributed by atoms with E-state index in [9.17, 15) is 24.0 Å². The number of nitrogens with zero attached hydrogens (tertiary/aromatic N) is 3. The quantitative estimate of drug-likeness (QED) is 0.665. The van der Waals surface area contributed by atoms with Gasteiger partial charge in [0.2, 0.25) is 5.88 Å². The molecule has 0 saturated carbocycles. The van der Waals surface area contributed by atoms with Crippen LogP contribution in [0.4, 0.5) is 14.5 Å². The number of hydrogen-bond donors (Lipinski definition) is 1. The van der Waals surface area contributed by atoms with E-state index < -0.39 is 28.9 Å². The minimum Gasteiger partial charge on any atom is -0.502 e. The van der Waals surface area contributed by atoms with Gasteiger partial charge in [-0.05, 0) is 0 Å². The first-order valence-corrected chi connectivity index (χ1v) is 4.56. The van der Waals surface area contributed by atoms with E-state index in [0.717, 1.165) is 18.5 Å². The number of rotatable bonds is 3. The molecule has 0 unspecified atom stereocenters. The van der Waals surface area contributed by atoms with Crippen molar-refractivity contribution in [2.45, 2.75) is 6.61 Å². The van der Waals surface area contributed by atoms with Crippen LogP contribution in [-0.2, 0) is 0 Å². The van der Waals surface area contributed by atoms with Crippen molar-refractivity contribution in [2.75, 3.05) is 0 Å². The first-order valence-electron chi connectivity index (χ1n) is 4.56. The van der Waals surface area contributed by atoms with Gasteiger partial charge in [-0.2, -0.15) is 8.78 Å². The van der Waals surface area contributed by atoms with Crippen LogP contribution in [-0.4, -0.2) is 26.6 Å². The van der Waals surface area contributed by atoms with Crippen LogP contribution in [0.2, 0.25) is 0 Å². The van der Waals surface area contributed by atoms with Crippen molar-refractivity contribution in [1.29, 1.82) is 0 Å². The summed E-state index contributed by atoms with van der Waals surface area (Å²) in [6.07, 6.45) is 0.950. The topological polar surface area (TPSA) is 98.4 Å². The summed E-state index contributed by atoms with van der Waals surface area (Å²) in [5.74, 6) is -1.10. The van der Waals surface area contributed by atoms with Gasteiger partial charge in [0, 0.05) is 12.1 Å². The maximum atomic E-state index is 12.1. The third kappa shape index (κ3) is 2.10.